The maximum absolute atomic E-state index is 13.2. The molecule has 0 bridgehead atoms. The molecule has 3 aromatic rings. The van der Waals surface area contributed by atoms with Crippen molar-refractivity contribution in [1.29, 1.82) is 0 Å². The summed E-state index contributed by atoms with van der Waals surface area (Å²) in [6.45, 7) is 2.15. The molecule has 0 atom stereocenters. The van der Waals surface area contributed by atoms with Crippen molar-refractivity contribution in [3.8, 4) is 5.75 Å². The van der Waals surface area contributed by atoms with Crippen LogP contribution in [0.3, 0.4) is 0 Å². The number of anilines is 1. The van der Waals surface area contributed by atoms with Gasteiger partial charge in [-0.3, -0.25) is 19.8 Å². The fourth-order valence-electron chi connectivity index (χ4n) is 3.45. The molecule has 3 aromatic carbocycles. The number of rotatable bonds is 6. The van der Waals surface area contributed by atoms with Gasteiger partial charge in [0.2, 0.25) is 0 Å². The van der Waals surface area contributed by atoms with Gasteiger partial charge >= 0.3 is 5.97 Å². The first-order valence-electron chi connectivity index (χ1n) is 10.6. The first-order valence-corrected chi connectivity index (χ1v) is 12.6. The van der Waals surface area contributed by atoms with Gasteiger partial charge in [0, 0.05) is 0 Å². The third kappa shape index (κ3) is 5.56. The number of carboxylic acid groups (broad SMARTS) is 1. The summed E-state index contributed by atoms with van der Waals surface area (Å²) in [5.41, 5.74) is 3.10. The molecule has 0 aliphatic carbocycles. The average Bonchev–Trinajstić information content (AvgIpc) is 2.82. The number of nitrogens with one attached hydrogen (secondary N) is 1. The molecule has 2 amide bonds. The molecule has 0 unspecified atom stereocenters. The number of nitrogens with zero attached hydrogens (tertiary/aromatic N) is 1. The topological polar surface area (TPSA) is 95.9 Å². The Morgan fingerprint density at radius 3 is 2.25 bits per heavy atom. The van der Waals surface area contributed by atoms with E-state index < -0.39 is 17.8 Å². The SMILES string of the molecule is Cc1ccc(N2C(=O)C(=Cc3cc(Br)c(OCc4ccc(C(=O)O)cc4)c(Br)c3)C(=O)NC2=S)cc1. The molecule has 182 valence electrons. The number of carboxylic acids is 1. The van der Waals surface area contributed by atoms with E-state index in [2.05, 4.69) is 37.2 Å². The van der Waals surface area contributed by atoms with E-state index in [4.69, 9.17) is 22.1 Å². The van der Waals surface area contributed by atoms with E-state index in [9.17, 15) is 14.4 Å². The molecule has 0 saturated carbocycles. The van der Waals surface area contributed by atoms with Gasteiger partial charge in [0.05, 0.1) is 20.2 Å². The van der Waals surface area contributed by atoms with Crippen molar-refractivity contribution in [3.63, 3.8) is 0 Å². The van der Waals surface area contributed by atoms with Crippen LogP contribution in [-0.2, 0) is 16.2 Å². The molecule has 7 nitrogen and oxygen atoms in total. The highest BCUT2D eigenvalue weighted by molar-refractivity contribution is 9.11. The number of hydrogen-bond donors (Lipinski definition) is 2. The number of carbonyl (C=O) groups is 3. The van der Waals surface area contributed by atoms with Crippen LogP contribution in [0.15, 0.2) is 75.2 Å². The minimum Gasteiger partial charge on any atom is -0.487 e. The highest BCUT2D eigenvalue weighted by Gasteiger charge is 2.34. The minimum absolute atomic E-state index is 0.0218. The van der Waals surface area contributed by atoms with Crippen LogP contribution in [-0.4, -0.2) is 28.0 Å². The van der Waals surface area contributed by atoms with Gasteiger partial charge < -0.3 is 9.84 Å². The lowest BCUT2D eigenvalue weighted by atomic mass is 10.1. The van der Waals surface area contributed by atoms with E-state index in [0.29, 0.717) is 25.9 Å². The third-order valence-corrected chi connectivity index (χ3v) is 6.77. The number of carbonyl (C=O) groups excluding carboxylic acids is 2. The monoisotopic (exact) mass is 628 g/mol. The second-order valence-corrected chi connectivity index (χ2v) is 9.99. The van der Waals surface area contributed by atoms with E-state index in [1.54, 1.807) is 36.4 Å². The molecule has 0 spiro atoms. The molecular formula is C26H18Br2N2O5S. The van der Waals surface area contributed by atoms with Crippen molar-refractivity contribution in [3.05, 3.63) is 97.4 Å². The predicted octanol–water partition coefficient (Wildman–Crippen LogP) is 5.63. The Morgan fingerprint density at radius 1 is 1.06 bits per heavy atom. The van der Waals surface area contributed by atoms with E-state index in [1.807, 2.05) is 19.1 Å². The van der Waals surface area contributed by atoms with E-state index in [-0.39, 0.29) is 22.9 Å². The third-order valence-electron chi connectivity index (χ3n) is 5.31. The predicted molar refractivity (Wildman–Crippen MR) is 147 cm³/mol. The lowest BCUT2D eigenvalue weighted by Crippen LogP contribution is -2.54. The minimum atomic E-state index is -0.994. The number of halogens is 2. The Hall–Kier alpha value is -3.34. The van der Waals surface area contributed by atoms with Crippen LogP contribution in [0.1, 0.15) is 27.0 Å². The largest absolute Gasteiger partial charge is 0.487 e. The smallest absolute Gasteiger partial charge is 0.335 e. The molecule has 0 radical (unpaired) electrons. The average molecular weight is 630 g/mol. The second kappa shape index (κ2) is 10.7. The lowest BCUT2D eigenvalue weighted by molar-refractivity contribution is -0.122. The van der Waals surface area contributed by atoms with Crippen LogP contribution in [0.4, 0.5) is 5.69 Å². The number of thiocarbonyl (C=S) groups is 1. The van der Waals surface area contributed by atoms with Gasteiger partial charge in [-0.05, 0) is 105 Å². The fraction of sp³-hybridized carbons (Fsp3) is 0.0769. The number of benzene rings is 3. The zero-order chi connectivity index (χ0) is 26.0. The summed E-state index contributed by atoms with van der Waals surface area (Å²) in [4.78, 5) is 38.1. The molecule has 1 aliphatic rings. The maximum atomic E-state index is 13.2. The van der Waals surface area contributed by atoms with Crippen molar-refractivity contribution in [2.75, 3.05) is 4.90 Å². The Morgan fingerprint density at radius 2 is 1.67 bits per heavy atom. The van der Waals surface area contributed by atoms with Gasteiger partial charge in [0.25, 0.3) is 11.8 Å². The molecule has 4 rings (SSSR count). The van der Waals surface area contributed by atoms with Crippen molar-refractivity contribution >= 4 is 78.7 Å². The highest BCUT2D eigenvalue weighted by atomic mass is 79.9. The molecule has 1 fully saturated rings. The first kappa shape index (κ1) is 25.7. The van der Waals surface area contributed by atoms with Crippen molar-refractivity contribution in [2.45, 2.75) is 13.5 Å². The summed E-state index contributed by atoms with van der Waals surface area (Å²) in [5, 5.41) is 11.6. The fourth-order valence-corrected chi connectivity index (χ4v) is 5.18. The Labute approximate surface area is 229 Å². The number of amides is 2. The number of aromatic carboxylic acids is 1. The Kier molecular flexibility index (Phi) is 7.67. The first-order chi connectivity index (χ1) is 17.1. The van der Waals surface area contributed by atoms with Gasteiger partial charge in [-0.2, -0.15) is 0 Å². The van der Waals surface area contributed by atoms with E-state index in [1.165, 1.54) is 23.1 Å². The summed E-state index contributed by atoms with van der Waals surface area (Å²) < 4.78 is 7.10. The van der Waals surface area contributed by atoms with Crippen LogP contribution in [0, 0.1) is 6.92 Å². The molecule has 0 aromatic heterocycles. The lowest BCUT2D eigenvalue weighted by Gasteiger charge is -2.29. The molecule has 1 aliphatic heterocycles. The maximum Gasteiger partial charge on any atom is 0.335 e. The molecular weight excluding hydrogens is 612 g/mol. The molecule has 10 heteroatoms. The summed E-state index contributed by atoms with van der Waals surface area (Å²) in [6, 6.07) is 17.1. The zero-order valence-electron chi connectivity index (χ0n) is 18.7. The van der Waals surface area contributed by atoms with Crippen LogP contribution in [0.25, 0.3) is 6.08 Å². The Balaban J connectivity index is 1.57. The number of aryl methyl sites for hydroxylation is 1. The number of hydrogen-bond acceptors (Lipinski definition) is 5. The van der Waals surface area contributed by atoms with Gasteiger partial charge in [-0.1, -0.05) is 29.8 Å². The standard InChI is InChI=1S/C26H18Br2N2O5S/c1-14-2-8-18(9-3-14)30-24(32)19(23(31)29-26(30)36)10-16-11-20(27)22(21(28)12-16)35-13-15-4-6-17(7-5-15)25(33)34/h2-12H,13H2,1H3,(H,33,34)(H,29,31,36). The second-order valence-electron chi connectivity index (χ2n) is 7.90. The van der Waals surface area contributed by atoms with Gasteiger partial charge in [-0.25, -0.2) is 4.79 Å². The van der Waals surface area contributed by atoms with Crippen LogP contribution >= 0.6 is 44.1 Å². The van der Waals surface area contributed by atoms with Crippen LogP contribution < -0.4 is 15.0 Å². The highest BCUT2D eigenvalue weighted by Crippen LogP contribution is 2.36. The number of ether oxygens (including phenoxy) is 1. The van der Waals surface area contributed by atoms with E-state index >= 15 is 0 Å². The van der Waals surface area contributed by atoms with Crippen LogP contribution in [0.5, 0.6) is 5.75 Å². The molecule has 1 heterocycles. The molecule has 1 saturated heterocycles. The van der Waals surface area contributed by atoms with Crippen molar-refractivity contribution < 1.29 is 24.2 Å². The van der Waals surface area contributed by atoms with Crippen molar-refractivity contribution in [1.82, 2.24) is 5.32 Å². The summed E-state index contributed by atoms with van der Waals surface area (Å²) >= 11 is 12.2. The zero-order valence-corrected chi connectivity index (χ0v) is 22.7. The van der Waals surface area contributed by atoms with Crippen molar-refractivity contribution in [2.24, 2.45) is 0 Å². The summed E-state index contributed by atoms with van der Waals surface area (Å²) in [6.07, 6.45) is 1.49. The van der Waals surface area contributed by atoms with E-state index in [0.717, 1.165) is 11.1 Å². The molecule has 2 N–H and O–H groups in total. The molecule has 36 heavy (non-hydrogen) atoms. The summed E-state index contributed by atoms with van der Waals surface area (Å²) in [5.74, 6) is -1.58. The van der Waals surface area contributed by atoms with Gasteiger partial charge in [0.15, 0.2) is 5.11 Å². The van der Waals surface area contributed by atoms with Gasteiger partial charge in [0.1, 0.15) is 17.9 Å². The Bertz CT molecular complexity index is 1400. The van der Waals surface area contributed by atoms with Gasteiger partial charge in [-0.15, -0.1) is 0 Å². The quantitative estimate of drug-likeness (QED) is 0.209. The normalized spacial score (nSPS) is 14.7. The van der Waals surface area contributed by atoms with Crippen LogP contribution in [0.2, 0.25) is 0 Å². The summed E-state index contributed by atoms with van der Waals surface area (Å²) in [7, 11) is 0.